The maximum absolute atomic E-state index is 13.7. The van der Waals surface area contributed by atoms with Crippen LogP contribution >= 0.6 is 0 Å². The number of nitrogens with zero attached hydrogens (tertiary/aromatic N) is 6. The number of rotatable bonds is 9. The summed E-state index contributed by atoms with van der Waals surface area (Å²) >= 11 is 0. The Labute approximate surface area is 272 Å². The Morgan fingerprint density at radius 3 is 2.23 bits per heavy atom. The topological polar surface area (TPSA) is 57.5 Å². The highest BCUT2D eigenvalue weighted by atomic mass is 19.4. The molecule has 0 N–H and O–H groups in total. The highest BCUT2D eigenvalue weighted by molar-refractivity contribution is 5.92. The molecule has 0 radical (unpaired) electrons. The van der Waals surface area contributed by atoms with Gasteiger partial charge in [-0.15, -0.1) is 0 Å². The van der Waals surface area contributed by atoms with Crippen LogP contribution in [-0.4, -0.2) is 56.4 Å². The van der Waals surface area contributed by atoms with Crippen molar-refractivity contribution in [3.05, 3.63) is 126 Å². The monoisotopic (exact) mass is 638 g/mol. The summed E-state index contributed by atoms with van der Waals surface area (Å²) in [6.07, 6.45) is 3.76. The maximum Gasteiger partial charge on any atom is 0.416 e. The van der Waals surface area contributed by atoms with Crippen LogP contribution < -0.4 is 4.90 Å². The number of aryl methyl sites for hydroxylation is 1. The number of carbonyl (C=O) groups excluding carboxylic acids is 1. The Bertz CT molecular complexity index is 1830. The summed E-state index contributed by atoms with van der Waals surface area (Å²) in [7, 11) is 4.04. The third kappa shape index (κ3) is 7.55. The minimum Gasteiger partial charge on any atom is -0.345 e. The Balaban J connectivity index is 1.17. The third-order valence-electron chi connectivity index (χ3n) is 8.91. The average Bonchev–Trinajstić information content (AvgIpc) is 3.41. The molecular formula is C37H37F3N6O. The molecule has 10 heteroatoms. The van der Waals surface area contributed by atoms with Crippen molar-refractivity contribution in [2.24, 2.45) is 7.05 Å². The van der Waals surface area contributed by atoms with Crippen molar-refractivity contribution in [3.8, 4) is 0 Å². The van der Waals surface area contributed by atoms with Gasteiger partial charge in [0, 0.05) is 69.6 Å². The lowest BCUT2D eigenvalue weighted by molar-refractivity contribution is -0.137. The van der Waals surface area contributed by atoms with E-state index in [0.29, 0.717) is 12.1 Å². The summed E-state index contributed by atoms with van der Waals surface area (Å²) in [5, 5.41) is 0. The predicted molar refractivity (Wildman–Crippen MR) is 179 cm³/mol. The van der Waals surface area contributed by atoms with Crippen LogP contribution in [0.3, 0.4) is 0 Å². The van der Waals surface area contributed by atoms with Crippen LogP contribution in [0, 0.1) is 0 Å². The lowest BCUT2D eigenvalue weighted by Gasteiger charge is -2.38. The molecular weight excluding hydrogens is 601 g/mol. The average molecular weight is 639 g/mol. The van der Waals surface area contributed by atoms with Gasteiger partial charge < -0.3 is 14.4 Å². The molecule has 2 aromatic heterocycles. The Morgan fingerprint density at radius 1 is 0.915 bits per heavy atom. The largest absolute Gasteiger partial charge is 0.416 e. The van der Waals surface area contributed by atoms with Crippen LogP contribution in [0.25, 0.3) is 17.1 Å². The van der Waals surface area contributed by atoms with Crippen molar-refractivity contribution in [2.75, 3.05) is 25.0 Å². The first-order valence-electron chi connectivity index (χ1n) is 15.7. The second kappa shape index (κ2) is 13.8. The molecule has 1 amide bonds. The number of fused-ring (bicyclic) bond motifs is 1. The van der Waals surface area contributed by atoms with E-state index in [0.717, 1.165) is 78.4 Å². The molecule has 6 rings (SSSR count). The number of para-hydroxylation sites is 2. The van der Waals surface area contributed by atoms with Gasteiger partial charge in [-0.25, -0.2) is 4.98 Å². The van der Waals surface area contributed by atoms with E-state index in [-0.39, 0.29) is 11.9 Å². The van der Waals surface area contributed by atoms with Gasteiger partial charge in [-0.1, -0.05) is 36.4 Å². The number of hydrogen-bond acceptors (Lipinski definition) is 5. The number of aromatic nitrogens is 3. The fourth-order valence-electron chi connectivity index (χ4n) is 6.10. The molecule has 1 fully saturated rings. The second-order valence-electron chi connectivity index (χ2n) is 11.9. The number of imidazole rings is 1. The SMILES string of the molecule is CN(c1ccncc1)c1ccc(CN(C(=O)C=Cc2ccc(C(F)(F)F)cc2)C2CCN(Cc3nc4ccccc4n3C)CC2)cc1. The molecule has 0 unspecified atom stereocenters. The quantitative estimate of drug-likeness (QED) is 0.157. The lowest BCUT2D eigenvalue weighted by atomic mass is 10.0. The van der Waals surface area contributed by atoms with Gasteiger partial charge in [-0.2, -0.15) is 13.2 Å². The third-order valence-corrected chi connectivity index (χ3v) is 8.91. The van der Waals surface area contributed by atoms with Gasteiger partial charge >= 0.3 is 6.18 Å². The number of benzene rings is 3. The Kier molecular flexibility index (Phi) is 9.40. The number of anilines is 2. The fraction of sp³-hybridized carbons (Fsp3) is 0.270. The van der Waals surface area contributed by atoms with E-state index in [4.69, 9.17) is 4.98 Å². The van der Waals surface area contributed by atoms with Gasteiger partial charge in [-0.05, 0) is 78.6 Å². The summed E-state index contributed by atoms with van der Waals surface area (Å²) in [4.78, 5) is 29.0. The van der Waals surface area contributed by atoms with Gasteiger partial charge in [0.15, 0.2) is 0 Å². The fourth-order valence-corrected chi connectivity index (χ4v) is 6.10. The van der Waals surface area contributed by atoms with E-state index in [1.165, 1.54) is 18.2 Å². The van der Waals surface area contributed by atoms with Crippen molar-refractivity contribution in [3.63, 3.8) is 0 Å². The molecule has 7 nitrogen and oxygen atoms in total. The number of amides is 1. The van der Waals surface area contributed by atoms with E-state index in [9.17, 15) is 18.0 Å². The number of carbonyl (C=O) groups is 1. The predicted octanol–water partition coefficient (Wildman–Crippen LogP) is 7.46. The molecule has 0 atom stereocenters. The van der Waals surface area contributed by atoms with E-state index < -0.39 is 11.7 Å². The maximum atomic E-state index is 13.7. The van der Waals surface area contributed by atoms with Crippen molar-refractivity contribution < 1.29 is 18.0 Å². The van der Waals surface area contributed by atoms with Crippen LogP contribution in [0.4, 0.5) is 24.5 Å². The van der Waals surface area contributed by atoms with Gasteiger partial charge in [-0.3, -0.25) is 14.7 Å². The number of piperidine rings is 1. The summed E-state index contributed by atoms with van der Waals surface area (Å²) in [5.41, 5.74) is 4.92. The van der Waals surface area contributed by atoms with Gasteiger partial charge in [0.05, 0.1) is 23.1 Å². The lowest BCUT2D eigenvalue weighted by Crippen LogP contribution is -2.46. The van der Waals surface area contributed by atoms with E-state index in [2.05, 4.69) is 25.4 Å². The highest BCUT2D eigenvalue weighted by Gasteiger charge is 2.30. The second-order valence-corrected chi connectivity index (χ2v) is 11.9. The smallest absolute Gasteiger partial charge is 0.345 e. The number of likely N-dealkylation sites (tertiary alicyclic amines) is 1. The minimum absolute atomic E-state index is 0.00983. The molecule has 242 valence electrons. The highest BCUT2D eigenvalue weighted by Crippen LogP contribution is 2.30. The van der Waals surface area contributed by atoms with Crippen molar-refractivity contribution in [1.29, 1.82) is 0 Å². The first kappa shape index (κ1) is 32.0. The van der Waals surface area contributed by atoms with Crippen LogP contribution in [0.15, 0.2) is 103 Å². The van der Waals surface area contributed by atoms with Crippen LogP contribution in [-0.2, 0) is 31.1 Å². The molecule has 47 heavy (non-hydrogen) atoms. The first-order valence-corrected chi connectivity index (χ1v) is 15.7. The summed E-state index contributed by atoms with van der Waals surface area (Å²) < 4.78 is 41.2. The zero-order valence-corrected chi connectivity index (χ0v) is 26.4. The molecule has 3 aromatic carbocycles. The molecule has 1 aliphatic rings. The summed E-state index contributed by atoms with van der Waals surface area (Å²) in [5.74, 6) is 0.838. The normalized spacial score (nSPS) is 14.6. The number of pyridine rings is 1. The summed E-state index contributed by atoms with van der Waals surface area (Å²) in [6, 6.07) is 25.0. The Morgan fingerprint density at radius 2 is 1.57 bits per heavy atom. The van der Waals surface area contributed by atoms with Crippen LogP contribution in [0.2, 0.25) is 0 Å². The van der Waals surface area contributed by atoms with E-state index >= 15 is 0 Å². The van der Waals surface area contributed by atoms with Gasteiger partial charge in [0.1, 0.15) is 5.82 Å². The molecule has 5 aromatic rings. The number of alkyl halides is 3. The van der Waals surface area contributed by atoms with Gasteiger partial charge in [0.25, 0.3) is 0 Å². The van der Waals surface area contributed by atoms with E-state index in [1.54, 1.807) is 18.5 Å². The molecule has 0 spiro atoms. The number of halogens is 3. The van der Waals surface area contributed by atoms with Crippen molar-refractivity contribution >= 4 is 34.4 Å². The molecule has 3 heterocycles. The standard InChI is InChI=1S/C37H37F3N6O/c1-43(31-17-21-41-22-18-31)30-14-9-28(10-15-30)25-46(36(47)16-11-27-7-12-29(13-8-27)37(38,39)40)32-19-23-45(24-20-32)26-35-42-33-5-3-4-6-34(33)44(35)2/h3-18,21-22,32H,19-20,23-26H2,1-2H3. The molecule has 1 aliphatic heterocycles. The number of hydrogen-bond donors (Lipinski definition) is 0. The Hall–Kier alpha value is -4.96. The zero-order valence-electron chi connectivity index (χ0n) is 26.4. The van der Waals surface area contributed by atoms with Gasteiger partial charge in [0.2, 0.25) is 5.91 Å². The van der Waals surface area contributed by atoms with E-state index in [1.807, 2.05) is 73.6 Å². The molecule has 0 aliphatic carbocycles. The van der Waals surface area contributed by atoms with Crippen molar-refractivity contribution in [2.45, 2.75) is 38.1 Å². The molecule has 1 saturated heterocycles. The van der Waals surface area contributed by atoms with Crippen molar-refractivity contribution in [1.82, 2.24) is 24.3 Å². The first-order chi connectivity index (χ1) is 22.7. The van der Waals surface area contributed by atoms with Crippen LogP contribution in [0.1, 0.15) is 35.4 Å². The summed E-state index contributed by atoms with van der Waals surface area (Å²) in [6.45, 7) is 2.78. The van der Waals surface area contributed by atoms with Crippen LogP contribution in [0.5, 0.6) is 0 Å². The zero-order chi connectivity index (χ0) is 33.0. The molecule has 0 bridgehead atoms. The molecule has 0 saturated carbocycles. The minimum atomic E-state index is -4.41.